The number of amides is 1. The smallest absolute Gasteiger partial charge is 0.227 e. The van der Waals surface area contributed by atoms with Crippen LogP contribution < -0.4 is 15.1 Å². The summed E-state index contributed by atoms with van der Waals surface area (Å²) in [6.45, 7) is 7.25. The monoisotopic (exact) mass is 520 g/mol. The van der Waals surface area contributed by atoms with Gasteiger partial charge in [-0.3, -0.25) is 4.79 Å². The van der Waals surface area contributed by atoms with Crippen molar-refractivity contribution in [2.24, 2.45) is 0 Å². The van der Waals surface area contributed by atoms with Crippen molar-refractivity contribution in [3.63, 3.8) is 0 Å². The zero-order chi connectivity index (χ0) is 26.8. The molecule has 0 spiro atoms. The molecule has 0 bridgehead atoms. The van der Waals surface area contributed by atoms with Gasteiger partial charge in [0.2, 0.25) is 11.9 Å². The Bertz CT molecular complexity index is 1480. The highest BCUT2D eigenvalue weighted by molar-refractivity contribution is 5.96. The highest BCUT2D eigenvalue weighted by Gasteiger charge is 2.19. The number of rotatable bonds is 5. The molecule has 0 atom stereocenters. The predicted molar refractivity (Wildman–Crippen MR) is 160 cm³/mol. The molecule has 0 aliphatic carbocycles. The van der Waals surface area contributed by atoms with Crippen molar-refractivity contribution in [1.82, 2.24) is 14.9 Å². The summed E-state index contributed by atoms with van der Waals surface area (Å²) in [4.78, 5) is 28.9. The van der Waals surface area contributed by atoms with Gasteiger partial charge in [0.15, 0.2) is 0 Å². The van der Waals surface area contributed by atoms with E-state index in [2.05, 4.69) is 82.6 Å². The van der Waals surface area contributed by atoms with Crippen molar-refractivity contribution >= 4 is 39.8 Å². The van der Waals surface area contributed by atoms with E-state index in [1.807, 2.05) is 23.2 Å². The zero-order valence-electron chi connectivity index (χ0n) is 22.9. The SMILES string of the molecule is Cc1cc(Nc2ncc3cccc(-c4ccc(N5CCCCCC5=O)cc4)c3n2)ccc1N1CCN(C)CC1. The average Bonchev–Trinajstić information content (AvgIpc) is 3.18. The van der Waals surface area contributed by atoms with Gasteiger partial charge in [0, 0.05) is 73.4 Å². The van der Waals surface area contributed by atoms with E-state index >= 15 is 0 Å². The molecule has 7 heteroatoms. The molecular formula is C32H36N6O. The van der Waals surface area contributed by atoms with E-state index < -0.39 is 0 Å². The molecule has 200 valence electrons. The summed E-state index contributed by atoms with van der Waals surface area (Å²) in [6, 6.07) is 21.0. The third-order valence-corrected chi connectivity index (χ3v) is 7.97. The average molecular weight is 521 g/mol. The Kier molecular flexibility index (Phi) is 7.16. The predicted octanol–water partition coefficient (Wildman–Crippen LogP) is 6.01. The number of benzene rings is 3. The molecule has 0 radical (unpaired) electrons. The van der Waals surface area contributed by atoms with Crippen molar-refractivity contribution in [3.8, 4) is 11.1 Å². The number of fused-ring (bicyclic) bond motifs is 1. The van der Waals surface area contributed by atoms with Crippen LogP contribution in [0.3, 0.4) is 0 Å². The second-order valence-corrected chi connectivity index (χ2v) is 10.8. The zero-order valence-corrected chi connectivity index (χ0v) is 22.9. The molecular weight excluding hydrogens is 484 g/mol. The van der Waals surface area contributed by atoms with Gasteiger partial charge in [0.25, 0.3) is 0 Å². The van der Waals surface area contributed by atoms with Gasteiger partial charge in [-0.15, -0.1) is 0 Å². The molecule has 2 aliphatic heterocycles. The number of hydrogen-bond acceptors (Lipinski definition) is 6. The van der Waals surface area contributed by atoms with Crippen LogP contribution in [0.5, 0.6) is 0 Å². The number of carbonyl (C=O) groups excluding carboxylic acids is 1. The molecule has 2 saturated heterocycles. The van der Waals surface area contributed by atoms with Gasteiger partial charge >= 0.3 is 0 Å². The number of hydrogen-bond donors (Lipinski definition) is 1. The fourth-order valence-corrected chi connectivity index (χ4v) is 5.69. The van der Waals surface area contributed by atoms with Gasteiger partial charge in [-0.05, 0) is 68.3 Å². The fourth-order valence-electron chi connectivity index (χ4n) is 5.69. The van der Waals surface area contributed by atoms with Crippen molar-refractivity contribution in [2.45, 2.75) is 32.6 Å². The van der Waals surface area contributed by atoms with E-state index in [1.54, 1.807) is 0 Å². The molecule has 0 unspecified atom stereocenters. The van der Waals surface area contributed by atoms with Gasteiger partial charge in [0.1, 0.15) is 0 Å². The molecule has 4 aromatic rings. The van der Waals surface area contributed by atoms with Crippen LogP contribution in [-0.4, -0.2) is 60.5 Å². The largest absolute Gasteiger partial charge is 0.369 e. The second kappa shape index (κ2) is 11.0. The van der Waals surface area contributed by atoms with E-state index in [0.717, 1.165) is 85.4 Å². The molecule has 6 rings (SSSR count). The Hall–Kier alpha value is -3.97. The first-order chi connectivity index (χ1) is 19.0. The second-order valence-electron chi connectivity index (χ2n) is 10.8. The van der Waals surface area contributed by atoms with Gasteiger partial charge in [-0.1, -0.05) is 36.8 Å². The number of nitrogens with one attached hydrogen (secondary N) is 1. The number of aromatic nitrogens is 2. The molecule has 2 aliphatic rings. The number of piperazine rings is 1. The van der Waals surface area contributed by atoms with Crippen LogP contribution in [0.15, 0.2) is 66.9 Å². The highest BCUT2D eigenvalue weighted by Crippen LogP contribution is 2.31. The van der Waals surface area contributed by atoms with Crippen molar-refractivity contribution in [2.75, 3.05) is 54.9 Å². The Morgan fingerprint density at radius 1 is 0.872 bits per heavy atom. The van der Waals surface area contributed by atoms with Crippen LogP contribution in [0.25, 0.3) is 22.0 Å². The normalized spacial score (nSPS) is 16.9. The highest BCUT2D eigenvalue weighted by atomic mass is 16.2. The maximum atomic E-state index is 12.6. The third kappa shape index (κ3) is 5.45. The topological polar surface area (TPSA) is 64.6 Å². The maximum Gasteiger partial charge on any atom is 0.227 e. The summed E-state index contributed by atoms with van der Waals surface area (Å²) >= 11 is 0. The van der Waals surface area contributed by atoms with Gasteiger partial charge in [-0.25, -0.2) is 9.97 Å². The minimum absolute atomic E-state index is 0.223. The first-order valence-corrected chi connectivity index (χ1v) is 14.0. The quantitative estimate of drug-likeness (QED) is 0.348. The minimum atomic E-state index is 0.223. The van der Waals surface area contributed by atoms with Gasteiger partial charge in [-0.2, -0.15) is 0 Å². The lowest BCUT2D eigenvalue weighted by Gasteiger charge is -2.35. The van der Waals surface area contributed by atoms with Crippen molar-refractivity contribution < 1.29 is 4.79 Å². The number of likely N-dealkylation sites (N-methyl/N-ethyl adjacent to an activating group) is 1. The summed E-state index contributed by atoms with van der Waals surface area (Å²) < 4.78 is 0. The molecule has 39 heavy (non-hydrogen) atoms. The lowest BCUT2D eigenvalue weighted by atomic mass is 10.0. The first kappa shape index (κ1) is 25.3. The first-order valence-electron chi connectivity index (χ1n) is 14.0. The van der Waals surface area contributed by atoms with E-state index in [1.165, 1.54) is 11.3 Å². The summed E-state index contributed by atoms with van der Waals surface area (Å²) in [5.41, 5.74) is 7.51. The fraction of sp³-hybridized carbons (Fsp3) is 0.344. The van der Waals surface area contributed by atoms with Crippen LogP contribution >= 0.6 is 0 Å². The van der Waals surface area contributed by atoms with Crippen molar-refractivity contribution in [1.29, 1.82) is 0 Å². The lowest BCUT2D eigenvalue weighted by molar-refractivity contribution is -0.118. The molecule has 3 aromatic carbocycles. The Balaban J connectivity index is 1.24. The Morgan fingerprint density at radius 3 is 2.49 bits per heavy atom. The van der Waals surface area contributed by atoms with Crippen molar-refractivity contribution in [3.05, 3.63) is 72.4 Å². The number of anilines is 4. The molecule has 2 fully saturated rings. The molecule has 1 N–H and O–H groups in total. The summed E-state index contributed by atoms with van der Waals surface area (Å²) in [5.74, 6) is 0.800. The number of carbonyl (C=O) groups is 1. The summed E-state index contributed by atoms with van der Waals surface area (Å²) in [6.07, 6.45) is 5.67. The molecule has 3 heterocycles. The van der Waals surface area contributed by atoms with E-state index in [9.17, 15) is 4.79 Å². The summed E-state index contributed by atoms with van der Waals surface area (Å²) in [5, 5.41) is 4.41. The third-order valence-electron chi connectivity index (χ3n) is 7.97. The van der Waals surface area contributed by atoms with Gasteiger partial charge < -0.3 is 20.0 Å². The molecule has 0 saturated carbocycles. The van der Waals surface area contributed by atoms with Crippen LogP contribution in [0.1, 0.15) is 31.2 Å². The minimum Gasteiger partial charge on any atom is -0.369 e. The van der Waals surface area contributed by atoms with Crippen LogP contribution in [0.2, 0.25) is 0 Å². The molecule has 1 aromatic heterocycles. The van der Waals surface area contributed by atoms with E-state index in [4.69, 9.17) is 4.98 Å². The molecule has 1 amide bonds. The summed E-state index contributed by atoms with van der Waals surface area (Å²) in [7, 11) is 2.18. The maximum absolute atomic E-state index is 12.6. The molecule has 7 nitrogen and oxygen atoms in total. The van der Waals surface area contributed by atoms with E-state index in [-0.39, 0.29) is 5.91 Å². The van der Waals surface area contributed by atoms with Crippen LogP contribution in [0, 0.1) is 6.92 Å². The van der Waals surface area contributed by atoms with Gasteiger partial charge in [0.05, 0.1) is 5.52 Å². The Morgan fingerprint density at radius 2 is 1.69 bits per heavy atom. The number of para-hydroxylation sites is 1. The van der Waals surface area contributed by atoms with Crippen LogP contribution in [-0.2, 0) is 4.79 Å². The standard InChI is InChI=1S/C32H36N6O/c1-23-21-26(12-15-29(23)37-19-17-36(2)18-20-37)34-32-33-22-25-7-6-8-28(31(25)35-32)24-10-13-27(14-11-24)38-16-5-3-4-9-30(38)39/h6-8,10-15,21-22H,3-5,9,16-20H2,1-2H3,(H,33,34,35). The Labute approximate surface area is 230 Å². The lowest BCUT2D eigenvalue weighted by Crippen LogP contribution is -2.44. The number of aryl methyl sites for hydroxylation is 1. The number of nitrogens with zero attached hydrogens (tertiary/aromatic N) is 5. The van der Waals surface area contributed by atoms with E-state index in [0.29, 0.717) is 12.4 Å². The van der Waals surface area contributed by atoms with Crippen LogP contribution in [0.4, 0.5) is 23.0 Å².